The van der Waals surface area contributed by atoms with E-state index in [1.807, 2.05) is 33.9 Å². The molecule has 7 aromatic rings. The standard InChI is InChI=1S/C41H30N.C13H24O2.Ir/c1-41(2,3)39-24-28(22-26-12-4-5-13-29(26)39)40-36-25-38-35-19-11-9-17-33(35)31-15-7-6-14-30(31)32-16-8-10-18-34(32)37(38)23-27(36)20-21-42-40;1-5-10(6-2)12(14)9-13(15)11(7-3)8-4;/h4-21,23-25H,1-3H3;9-11,14H,5-8H2,1-4H3;/q-1;;/b;12-9-;. The summed E-state index contributed by atoms with van der Waals surface area (Å²) in [4.78, 5) is 16.7. The fourth-order valence-electron chi connectivity index (χ4n) is 8.50. The van der Waals surface area contributed by atoms with Crippen molar-refractivity contribution in [3.8, 4) is 55.8 Å². The number of pyridine rings is 1. The van der Waals surface area contributed by atoms with Gasteiger partial charge in [-0.15, -0.1) is 29.1 Å². The molecule has 3 nitrogen and oxygen atoms in total. The van der Waals surface area contributed by atoms with Crippen LogP contribution in [0.15, 0.2) is 139 Å². The maximum atomic E-state index is 11.7. The number of allylic oxidation sites excluding steroid dienone is 2. The van der Waals surface area contributed by atoms with E-state index in [0.717, 1.165) is 47.7 Å². The van der Waals surface area contributed by atoms with Crippen LogP contribution >= 0.6 is 0 Å². The molecule has 4 heteroatoms. The Labute approximate surface area is 358 Å². The van der Waals surface area contributed by atoms with Gasteiger partial charge in [0.25, 0.3) is 0 Å². The largest absolute Gasteiger partial charge is 0.512 e. The Morgan fingerprint density at radius 2 is 1.09 bits per heavy atom. The number of nitrogens with zero attached hydrogens (tertiary/aromatic N) is 1. The summed E-state index contributed by atoms with van der Waals surface area (Å²) < 4.78 is 0. The van der Waals surface area contributed by atoms with Gasteiger partial charge in [0.05, 0.1) is 5.76 Å². The predicted octanol–water partition coefficient (Wildman–Crippen LogP) is 15.0. The summed E-state index contributed by atoms with van der Waals surface area (Å²) >= 11 is 0. The first-order chi connectivity index (χ1) is 27.6. The van der Waals surface area contributed by atoms with Crippen LogP contribution in [-0.2, 0) is 30.3 Å². The Morgan fingerprint density at radius 1 is 0.621 bits per heavy atom. The van der Waals surface area contributed by atoms with Crippen LogP contribution in [-0.4, -0.2) is 15.9 Å². The minimum absolute atomic E-state index is 0. The third-order valence-electron chi connectivity index (χ3n) is 11.8. The zero-order chi connectivity index (χ0) is 40.3. The second kappa shape index (κ2) is 18.2. The Hall–Kier alpha value is -5.15. The molecule has 297 valence electrons. The second-order valence-corrected chi connectivity index (χ2v) is 16.3. The summed E-state index contributed by atoms with van der Waals surface area (Å²) in [7, 11) is 0. The van der Waals surface area contributed by atoms with Gasteiger partial charge in [-0.2, -0.15) is 0 Å². The summed E-state index contributed by atoms with van der Waals surface area (Å²) in [6.45, 7) is 14.9. The Morgan fingerprint density at radius 3 is 1.59 bits per heavy atom. The van der Waals surface area contributed by atoms with Gasteiger partial charge in [-0.1, -0.05) is 156 Å². The minimum atomic E-state index is -0.0145. The first-order valence-electron chi connectivity index (χ1n) is 20.7. The quantitative estimate of drug-likeness (QED) is 0.0938. The molecular formula is C54H54IrNO2-. The predicted molar refractivity (Wildman–Crippen MR) is 241 cm³/mol. The number of rotatable bonds is 8. The molecule has 8 rings (SSSR count). The minimum Gasteiger partial charge on any atom is -0.512 e. The fraction of sp³-hybridized carbons (Fsp3) is 0.259. The van der Waals surface area contributed by atoms with E-state index in [0.29, 0.717) is 0 Å². The molecule has 0 fully saturated rings. The van der Waals surface area contributed by atoms with E-state index in [2.05, 4.69) is 148 Å². The molecule has 0 aliphatic heterocycles. The Bertz CT molecular complexity index is 2600. The first-order valence-corrected chi connectivity index (χ1v) is 20.7. The summed E-state index contributed by atoms with van der Waals surface area (Å²) in [6, 6.07) is 47.9. The molecule has 1 aliphatic carbocycles. The molecule has 0 bridgehead atoms. The Kier molecular flexibility index (Phi) is 13.3. The number of benzene rings is 6. The van der Waals surface area contributed by atoms with Crippen LogP contribution in [0.1, 0.15) is 79.7 Å². The van der Waals surface area contributed by atoms with E-state index < -0.39 is 0 Å². The number of ketones is 1. The fourth-order valence-corrected chi connectivity index (χ4v) is 8.50. The van der Waals surface area contributed by atoms with E-state index in [1.165, 1.54) is 66.9 Å². The van der Waals surface area contributed by atoms with Crippen molar-refractivity contribution in [2.75, 3.05) is 0 Å². The average Bonchev–Trinajstić information content (AvgIpc) is 3.23. The molecule has 1 aromatic heterocycles. The smallest absolute Gasteiger partial charge is 0.162 e. The zero-order valence-electron chi connectivity index (χ0n) is 34.8. The van der Waals surface area contributed by atoms with Crippen LogP contribution < -0.4 is 0 Å². The molecule has 1 N–H and O–H groups in total. The van der Waals surface area contributed by atoms with Crippen molar-refractivity contribution < 1.29 is 30.0 Å². The second-order valence-electron chi connectivity index (χ2n) is 16.3. The maximum absolute atomic E-state index is 11.7. The van der Waals surface area contributed by atoms with Crippen LogP contribution in [0.5, 0.6) is 0 Å². The van der Waals surface area contributed by atoms with E-state index in [-0.39, 0.29) is 48.9 Å². The van der Waals surface area contributed by atoms with Gasteiger partial charge in [0.15, 0.2) is 5.78 Å². The van der Waals surface area contributed by atoms with E-state index in [4.69, 9.17) is 4.98 Å². The zero-order valence-corrected chi connectivity index (χ0v) is 37.2. The summed E-state index contributed by atoms with van der Waals surface area (Å²) in [5.74, 6) is 0.547. The molecule has 0 unspecified atom stereocenters. The number of aliphatic hydroxyl groups excluding tert-OH is 1. The van der Waals surface area contributed by atoms with Crippen molar-refractivity contribution in [3.63, 3.8) is 0 Å². The molecular weight excluding hydrogens is 887 g/mol. The normalized spacial score (nSPS) is 12.1. The molecule has 1 aliphatic rings. The maximum Gasteiger partial charge on any atom is 0.162 e. The number of aliphatic hydroxyl groups is 1. The van der Waals surface area contributed by atoms with Gasteiger partial charge < -0.3 is 5.11 Å². The van der Waals surface area contributed by atoms with Gasteiger partial charge >= 0.3 is 0 Å². The van der Waals surface area contributed by atoms with Crippen molar-refractivity contribution in [3.05, 3.63) is 151 Å². The SMILES string of the molecule is CC(C)(C)c1cc(-c2nccc3cc4c(cc23)-c2ccccc2-c2ccccc2-c2ccccc2-4)[c-]c2ccccc12.CCC(CC)C(=O)/C=C(\O)C(CC)CC.[Ir]. The number of carbonyl (C=O) groups excluding carboxylic acids is 1. The molecule has 0 saturated carbocycles. The van der Waals surface area contributed by atoms with Gasteiger partial charge in [0.2, 0.25) is 0 Å². The third kappa shape index (κ3) is 8.37. The van der Waals surface area contributed by atoms with E-state index in [9.17, 15) is 9.90 Å². The van der Waals surface area contributed by atoms with Crippen LogP contribution in [0.25, 0.3) is 77.3 Å². The molecule has 0 amide bonds. The molecule has 0 saturated heterocycles. The molecule has 1 heterocycles. The van der Waals surface area contributed by atoms with Crippen LogP contribution in [0.4, 0.5) is 0 Å². The van der Waals surface area contributed by atoms with Gasteiger partial charge in [0.1, 0.15) is 0 Å². The van der Waals surface area contributed by atoms with E-state index in [1.54, 1.807) is 0 Å². The van der Waals surface area contributed by atoms with E-state index >= 15 is 0 Å². The number of carbonyl (C=O) groups is 1. The molecule has 58 heavy (non-hydrogen) atoms. The van der Waals surface area contributed by atoms with Crippen LogP contribution in [0.2, 0.25) is 0 Å². The van der Waals surface area contributed by atoms with Gasteiger partial charge in [-0.3, -0.25) is 9.78 Å². The van der Waals surface area contributed by atoms with Crippen molar-refractivity contribution >= 4 is 27.3 Å². The molecule has 6 aromatic carbocycles. The molecule has 1 radical (unpaired) electrons. The van der Waals surface area contributed by atoms with Gasteiger partial charge in [0, 0.05) is 49.9 Å². The number of fused-ring (bicyclic) bond motifs is 10. The number of hydrogen-bond donors (Lipinski definition) is 1. The summed E-state index contributed by atoms with van der Waals surface area (Å²) in [6.07, 6.45) is 6.85. The van der Waals surface area contributed by atoms with Crippen LogP contribution in [0.3, 0.4) is 0 Å². The van der Waals surface area contributed by atoms with Crippen molar-refractivity contribution in [1.82, 2.24) is 4.98 Å². The first kappa shape index (κ1) is 42.5. The number of hydrogen-bond acceptors (Lipinski definition) is 3. The van der Waals surface area contributed by atoms with Crippen molar-refractivity contribution in [1.29, 1.82) is 0 Å². The third-order valence-corrected chi connectivity index (χ3v) is 11.8. The van der Waals surface area contributed by atoms with Gasteiger partial charge in [-0.05, 0) is 98.5 Å². The monoisotopic (exact) mass is 941 g/mol. The summed E-state index contributed by atoms with van der Waals surface area (Å²) in [5.41, 5.74) is 13.3. The summed E-state index contributed by atoms with van der Waals surface area (Å²) in [5, 5.41) is 14.5. The van der Waals surface area contributed by atoms with Crippen LogP contribution in [0, 0.1) is 17.9 Å². The topological polar surface area (TPSA) is 50.2 Å². The molecule has 0 spiro atoms. The average molecular weight is 941 g/mol. The van der Waals surface area contributed by atoms with Crippen molar-refractivity contribution in [2.45, 2.75) is 79.6 Å². The van der Waals surface area contributed by atoms with Gasteiger partial charge in [-0.25, -0.2) is 0 Å². The van der Waals surface area contributed by atoms with Crippen molar-refractivity contribution in [2.24, 2.45) is 11.8 Å². The number of aromatic nitrogens is 1. The molecule has 0 atom stereocenters. The Balaban J connectivity index is 0.000000305.